The van der Waals surface area contributed by atoms with Crippen LogP contribution in [-0.4, -0.2) is 19.0 Å². The van der Waals surface area contributed by atoms with Crippen molar-refractivity contribution in [2.24, 2.45) is 11.1 Å². The summed E-state index contributed by atoms with van der Waals surface area (Å²) in [5, 5.41) is 12.9. The Morgan fingerprint density at radius 2 is 1.96 bits per heavy atom. The molecule has 1 atom stereocenters. The molecule has 3 N–H and O–H groups in total. The smallest absolute Gasteiger partial charge is 0.162 e. The van der Waals surface area contributed by atoms with Crippen molar-refractivity contribution in [1.82, 2.24) is 5.32 Å². The number of benzene rings is 1. The summed E-state index contributed by atoms with van der Waals surface area (Å²) in [6.45, 7) is 8.94. The van der Waals surface area contributed by atoms with Crippen molar-refractivity contribution in [3.05, 3.63) is 46.4 Å². The summed E-state index contributed by atoms with van der Waals surface area (Å²) in [6, 6.07) is 7.73. The monoisotopic (exact) mass is 381 g/mol. The van der Waals surface area contributed by atoms with Gasteiger partial charge in [-0.2, -0.15) is 5.26 Å². The first-order valence-corrected chi connectivity index (χ1v) is 9.63. The van der Waals surface area contributed by atoms with E-state index in [1.54, 1.807) is 0 Å². The van der Waals surface area contributed by atoms with Crippen LogP contribution < -0.4 is 20.5 Å². The second-order valence-electron chi connectivity index (χ2n) is 7.90. The maximum Gasteiger partial charge on any atom is 0.162 e. The second-order valence-corrected chi connectivity index (χ2v) is 7.90. The molecule has 28 heavy (non-hydrogen) atoms. The van der Waals surface area contributed by atoms with Gasteiger partial charge < -0.3 is 20.5 Å². The molecule has 6 nitrogen and oxygen atoms in total. The molecular weight excluding hydrogens is 354 g/mol. The molecule has 0 fully saturated rings. The number of ketones is 1. The third kappa shape index (κ3) is 3.57. The topological polar surface area (TPSA) is 97.4 Å². The van der Waals surface area contributed by atoms with Crippen LogP contribution in [0.15, 0.2) is 40.9 Å². The lowest BCUT2D eigenvalue weighted by Gasteiger charge is -2.38. The van der Waals surface area contributed by atoms with E-state index in [9.17, 15) is 10.1 Å². The maximum atomic E-state index is 13.1. The first-order valence-electron chi connectivity index (χ1n) is 9.63. The van der Waals surface area contributed by atoms with Crippen LogP contribution in [0.4, 0.5) is 0 Å². The van der Waals surface area contributed by atoms with E-state index in [4.69, 9.17) is 15.2 Å². The van der Waals surface area contributed by atoms with Crippen LogP contribution in [0.25, 0.3) is 0 Å². The molecule has 0 amide bonds. The Balaban J connectivity index is 2.19. The lowest BCUT2D eigenvalue weighted by atomic mass is 9.69. The summed E-state index contributed by atoms with van der Waals surface area (Å²) in [5.41, 5.74) is 8.57. The summed E-state index contributed by atoms with van der Waals surface area (Å²) in [7, 11) is 0. The summed E-state index contributed by atoms with van der Waals surface area (Å²) in [5.74, 6) is 1.09. The van der Waals surface area contributed by atoms with Gasteiger partial charge in [0.1, 0.15) is 17.3 Å². The van der Waals surface area contributed by atoms with E-state index in [0.29, 0.717) is 54.5 Å². The van der Waals surface area contributed by atoms with Gasteiger partial charge in [0, 0.05) is 29.3 Å². The molecule has 0 aromatic heterocycles. The highest BCUT2D eigenvalue weighted by Gasteiger charge is 2.42. The zero-order valence-electron chi connectivity index (χ0n) is 16.9. The molecule has 0 radical (unpaired) electrons. The molecule has 1 heterocycles. The molecule has 0 bridgehead atoms. The lowest BCUT2D eigenvalue weighted by Crippen LogP contribution is -2.39. The Morgan fingerprint density at radius 1 is 1.25 bits per heavy atom. The summed E-state index contributed by atoms with van der Waals surface area (Å²) >= 11 is 0. The van der Waals surface area contributed by atoms with Crippen molar-refractivity contribution in [3.63, 3.8) is 0 Å². The van der Waals surface area contributed by atoms with Gasteiger partial charge in [-0.3, -0.25) is 4.79 Å². The number of hydrogen-bond donors (Lipinski definition) is 2. The third-order valence-electron chi connectivity index (χ3n) is 5.10. The van der Waals surface area contributed by atoms with Crippen LogP contribution in [-0.2, 0) is 4.79 Å². The van der Waals surface area contributed by atoms with E-state index >= 15 is 0 Å². The standard InChI is InChI=1S/C22H27N3O3/c1-5-27-13-7-8-14(18(9-13)28-6-2)19-15(12-23)21(24)25-16-10-22(3,4)11-17(26)20(16)19/h7-9,19,25H,5-6,10-11,24H2,1-4H3. The zero-order chi connectivity index (χ0) is 20.5. The Hall–Kier alpha value is -2.94. The number of dihydropyridines is 1. The van der Waals surface area contributed by atoms with Gasteiger partial charge in [-0.25, -0.2) is 0 Å². The number of carbonyl (C=O) groups is 1. The molecule has 2 aliphatic rings. The Bertz CT molecular complexity index is 906. The molecule has 1 aliphatic heterocycles. The van der Waals surface area contributed by atoms with Gasteiger partial charge in [-0.05, 0) is 31.7 Å². The minimum atomic E-state index is -0.540. The quantitative estimate of drug-likeness (QED) is 0.810. The maximum absolute atomic E-state index is 13.1. The number of nitriles is 1. The van der Waals surface area contributed by atoms with Gasteiger partial charge in [-0.1, -0.05) is 19.9 Å². The second kappa shape index (κ2) is 7.59. The number of nitrogens with zero attached hydrogens (tertiary/aromatic N) is 1. The van der Waals surface area contributed by atoms with Crippen LogP contribution >= 0.6 is 0 Å². The first kappa shape index (κ1) is 19.8. The fourth-order valence-electron chi connectivity index (χ4n) is 4.04. The Kier molecular flexibility index (Phi) is 5.37. The summed E-state index contributed by atoms with van der Waals surface area (Å²) < 4.78 is 11.4. The molecular formula is C22H27N3O3. The SMILES string of the molecule is CCOc1ccc(C2C(C#N)=C(N)NC3=C2C(=O)CC(C)(C)C3)c(OCC)c1. The van der Waals surface area contributed by atoms with E-state index in [1.807, 2.05) is 32.0 Å². The van der Waals surface area contributed by atoms with Crippen molar-refractivity contribution in [3.8, 4) is 17.6 Å². The number of rotatable bonds is 5. The molecule has 1 unspecified atom stereocenters. The molecule has 0 saturated carbocycles. The van der Waals surface area contributed by atoms with E-state index in [1.165, 1.54) is 0 Å². The van der Waals surface area contributed by atoms with Gasteiger partial charge >= 0.3 is 0 Å². The number of allylic oxidation sites excluding steroid dienone is 3. The van der Waals surface area contributed by atoms with E-state index in [0.717, 1.165) is 11.3 Å². The first-order chi connectivity index (χ1) is 13.3. The lowest BCUT2D eigenvalue weighted by molar-refractivity contribution is -0.118. The van der Waals surface area contributed by atoms with Gasteiger partial charge in [0.25, 0.3) is 0 Å². The number of Topliss-reactive ketones (excluding diaryl/α,β-unsaturated/α-hetero) is 1. The largest absolute Gasteiger partial charge is 0.494 e. The highest BCUT2D eigenvalue weighted by atomic mass is 16.5. The van der Waals surface area contributed by atoms with Gasteiger partial charge in [0.05, 0.1) is 30.8 Å². The normalized spacial score (nSPS) is 21.0. The molecule has 6 heteroatoms. The van der Waals surface area contributed by atoms with Crippen molar-refractivity contribution >= 4 is 5.78 Å². The van der Waals surface area contributed by atoms with E-state index in [2.05, 4.69) is 25.2 Å². The minimum Gasteiger partial charge on any atom is -0.494 e. The summed E-state index contributed by atoms with van der Waals surface area (Å²) in [6.07, 6.45) is 1.13. The molecule has 3 rings (SSSR count). The van der Waals surface area contributed by atoms with Crippen LogP contribution in [0.3, 0.4) is 0 Å². The summed E-state index contributed by atoms with van der Waals surface area (Å²) in [4.78, 5) is 13.1. The molecule has 1 aromatic rings. The number of nitrogens with two attached hydrogens (primary N) is 1. The zero-order valence-corrected chi connectivity index (χ0v) is 16.9. The van der Waals surface area contributed by atoms with Crippen molar-refractivity contribution < 1.29 is 14.3 Å². The van der Waals surface area contributed by atoms with E-state index < -0.39 is 5.92 Å². The average molecular weight is 381 g/mol. The highest BCUT2D eigenvalue weighted by Crippen LogP contribution is 2.48. The predicted molar refractivity (Wildman–Crippen MR) is 107 cm³/mol. The van der Waals surface area contributed by atoms with Crippen molar-refractivity contribution in [2.45, 2.75) is 46.5 Å². The van der Waals surface area contributed by atoms with Crippen molar-refractivity contribution in [1.29, 1.82) is 5.26 Å². The Morgan fingerprint density at radius 3 is 2.61 bits per heavy atom. The van der Waals surface area contributed by atoms with Crippen molar-refractivity contribution in [2.75, 3.05) is 13.2 Å². The van der Waals surface area contributed by atoms with Gasteiger partial charge in [0.15, 0.2) is 5.78 Å². The predicted octanol–water partition coefficient (Wildman–Crippen LogP) is 3.51. The van der Waals surface area contributed by atoms with Crippen LogP contribution in [0, 0.1) is 16.7 Å². The molecule has 1 aliphatic carbocycles. The van der Waals surface area contributed by atoms with E-state index in [-0.39, 0.29) is 11.2 Å². The van der Waals surface area contributed by atoms with Crippen LogP contribution in [0.1, 0.15) is 52.0 Å². The molecule has 1 aromatic carbocycles. The van der Waals surface area contributed by atoms with Crippen LogP contribution in [0.2, 0.25) is 0 Å². The fourth-order valence-corrected chi connectivity index (χ4v) is 4.04. The number of ether oxygens (including phenoxy) is 2. The third-order valence-corrected chi connectivity index (χ3v) is 5.10. The van der Waals surface area contributed by atoms with Gasteiger partial charge in [-0.15, -0.1) is 0 Å². The fraction of sp³-hybridized carbons (Fsp3) is 0.455. The molecule has 0 spiro atoms. The number of hydrogen-bond acceptors (Lipinski definition) is 6. The number of nitrogens with one attached hydrogen (secondary N) is 1. The Labute approximate surface area is 166 Å². The average Bonchev–Trinajstić information content (AvgIpc) is 2.60. The molecule has 148 valence electrons. The molecule has 0 saturated heterocycles. The number of carbonyl (C=O) groups excluding carboxylic acids is 1. The highest BCUT2D eigenvalue weighted by molar-refractivity contribution is 6.00. The minimum absolute atomic E-state index is 0.0420. The van der Waals surface area contributed by atoms with Crippen LogP contribution in [0.5, 0.6) is 11.5 Å². The van der Waals surface area contributed by atoms with Gasteiger partial charge in [0.2, 0.25) is 0 Å².